The van der Waals surface area contributed by atoms with Crippen LogP contribution in [0.2, 0.25) is 0 Å². The first kappa shape index (κ1) is 26.1. The lowest BCUT2D eigenvalue weighted by atomic mass is 10.0. The second-order valence-electron chi connectivity index (χ2n) is 10.1. The number of likely N-dealkylation sites (tertiary alicyclic amines) is 2. The third kappa shape index (κ3) is 7.06. The van der Waals surface area contributed by atoms with Gasteiger partial charge < -0.3 is 25.5 Å². The second kappa shape index (κ2) is 12.3. The maximum atomic E-state index is 12.7. The van der Waals surface area contributed by atoms with E-state index in [4.69, 9.17) is 0 Å². The van der Waals surface area contributed by atoms with Crippen molar-refractivity contribution in [2.45, 2.75) is 44.4 Å². The van der Waals surface area contributed by atoms with Crippen molar-refractivity contribution in [1.29, 1.82) is 0 Å². The number of piperidine rings is 1. The van der Waals surface area contributed by atoms with Gasteiger partial charge in [-0.3, -0.25) is 9.69 Å². The number of nitrogens with one attached hydrogen (secondary N) is 2. The van der Waals surface area contributed by atoms with Crippen LogP contribution in [-0.2, 0) is 4.79 Å². The lowest BCUT2D eigenvalue weighted by Gasteiger charge is -2.34. The van der Waals surface area contributed by atoms with Gasteiger partial charge in [0.1, 0.15) is 0 Å². The lowest BCUT2D eigenvalue weighted by molar-refractivity contribution is -0.129. The summed E-state index contributed by atoms with van der Waals surface area (Å²) in [5.41, 5.74) is 2.85. The van der Waals surface area contributed by atoms with Gasteiger partial charge in [-0.05, 0) is 30.9 Å². The molecule has 4 rings (SSSR count). The van der Waals surface area contributed by atoms with Gasteiger partial charge in [0, 0.05) is 70.9 Å². The molecule has 0 bridgehead atoms. The number of aliphatic hydroxyl groups excluding tert-OH is 1. The van der Waals surface area contributed by atoms with Gasteiger partial charge in [0.2, 0.25) is 5.91 Å². The maximum absolute atomic E-state index is 12.7. The Labute approximate surface area is 214 Å². The van der Waals surface area contributed by atoms with Crippen LogP contribution in [0.4, 0.5) is 10.5 Å². The van der Waals surface area contributed by atoms with Crippen LogP contribution in [-0.4, -0.2) is 96.2 Å². The molecule has 8 nitrogen and oxygen atoms in total. The van der Waals surface area contributed by atoms with Gasteiger partial charge in [-0.25, -0.2) is 4.79 Å². The molecule has 0 radical (unpaired) electrons. The second-order valence-corrected chi connectivity index (χ2v) is 10.1. The molecular weight excluding hydrogens is 454 g/mol. The van der Waals surface area contributed by atoms with Crippen LogP contribution in [0, 0.1) is 0 Å². The number of anilines is 1. The lowest BCUT2D eigenvalue weighted by Crippen LogP contribution is -2.48. The number of amides is 3. The van der Waals surface area contributed by atoms with Crippen LogP contribution in [0.1, 0.15) is 26.2 Å². The summed E-state index contributed by atoms with van der Waals surface area (Å²) in [5.74, 6) is 0.0907. The van der Waals surface area contributed by atoms with Crippen molar-refractivity contribution in [2.75, 3.05) is 51.6 Å². The minimum Gasteiger partial charge on any atom is -0.390 e. The van der Waals surface area contributed by atoms with E-state index in [0.717, 1.165) is 62.3 Å². The van der Waals surface area contributed by atoms with Crippen molar-refractivity contribution in [3.63, 3.8) is 0 Å². The van der Waals surface area contributed by atoms with Crippen molar-refractivity contribution < 1.29 is 14.7 Å². The van der Waals surface area contributed by atoms with Crippen molar-refractivity contribution in [1.82, 2.24) is 20.0 Å². The van der Waals surface area contributed by atoms with Crippen molar-refractivity contribution in [3.8, 4) is 11.1 Å². The number of urea groups is 1. The summed E-state index contributed by atoms with van der Waals surface area (Å²) in [6, 6.07) is 18.0. The van der Waals surface area contributed by atoms with Crippen molar-refractivity contribution in [3.05, 3.63) is 54.6 Å². The first-order valence-electron chi connectivity index (χ1n) is 13.0. The summed E-state index contributed by atoms with van der Waals surface area (Å²) in [7, 11) is 1.85. The molecule has 8 heteroatoms. The van der Waals surface area contributed by atoms with Gasteiger partial charge in [0.25, 0.3) is 0 Å². The van der Waals surface area contributed by atoms with Crippen LogP contribution >= 0.6 is 0 Å². The number of carbonyl (C=O) groups is 2. The number of rotatable bonds is 8. The van der Waals surface area contributed by atoms with Crippen LogP contribution < -0.4 is 10.6 Å². The zero-order valence-electron chi connectivity index (χ0n) is 21.4. The molecule has 3 amide bonds. The Morgan fingerprint density at radius 2 is 1.61 bits per heavy atom. The molecular formula is C28H39N5O3. The number of carbonyl (C=O) groups excluding carboxylic acids is 2. The van der Waals surface area contributed by atoms with E-state index in [1.165, 1.54) is 0 Å². The average molecular weight is 494 g/mol. The highest BCUT2D eigenvalue weighted by Crippen LogP contribution is 2.27. The summed E-state index contributed by atoms with van der Waals surface area (Å²) in [6.45, 7) is 6.28. The monoisotopic (exact) mass is 493 g/mol. The highest BCUT2D eigenvalue weighted by molar-refractivity contribution is 5.94. The molecule has 2 unspecified atom stereocenters. The van der Waals surface area contributed by atoms with E-state index in [2.05, 4.69) is 20.4 Å². The van der Waals surface area contributed by atoms with E-state index >= 15 is 0 Å². The molecule has 194 valence electrons. The molecule has 2 fully saturated rings. The smallest absolute Gasteiger partial charge is 0.319 e. The molecule has 36 heavy (non-hydrogen) atoms. The Morgan fingerprint density at radius 3 is 2.33 bits per heavy atom. The topological polar surface area (TPSA) is 88.2 Å². The highest BCUT2D eigenvalue weighted by Gasteiger charge is 2.29. The fraction of sp³-hybridized carbons (Fsp3) is 0.500. The third-order valence-corrected chi connectivity index (χ3v) is 7.41. The summed E-state index contributed by atoms with van der Waals surface area (Å²) < 4.78 is 0. The van der Waals surface area contributed by atoms with E-state index in [1.54, 1.807) is 11.8 Å². The Balaban J connectivity index is 1.18. The number of aliphatic hydroxyl groups is 1. The molecule has 2 aliphatic rings. The fourth-order valence-corrected chi connectivity index (χ4v) is 5.27. The van der Waals surface area contributed by atoms with E-state index < -0.39 is 6.10 Å². The van der Waals surface area contributed by atoms with E-state index in [9.17, 15) is 14.7 Å². The third-order valence-electron chi connectivity index (χ3n) is 7.41. The number of para-hydroxylation sites is 1. The molecule has 0 spiro atoms. The van der Waals surface area contributed by atoms with Gasteiger partial charge in [-0.15, -0.1) is 0 Å². The molecule has 2 aromatic carbocycles. The highest BCUT2D eigenvalue weighted by atomic mass is 16.3. The number of benzene rings is 2. The SMILES string of the molecule is CC(=O)N(C)C1CCN(CC(O)CN2CCC(NC(=O)Nc3ccccc3-c3ccccc3)CC2)C1. The van der Waals surface area contributed by atoms with Gasteiger partial charge in [-0.2, -0.15) is 0 Å². The Kier molecular flexibility index (Phi) is 8.96. The molecule has 2 saturated heterocycles. The summed E-state index contributed by atoms with van der Waals surface area (Å²) in [5, 5.41) is 16.8. The molecule has 2 atom stereocenters. The molecule has 3 N–H and O–H groups in total. The number of hydrogen-bond donors (Lipinski definition) is 3. The standard InChI is InChI=1S/C28H39N5O3/c1-21(34)31(2)24-14-17-33(18-24)20-25(35)19-32-15-12-23(13-16-32)29-28(36)30-27-11-7-6-10-26(27)22-8-4-3-5-9-22/h3-11,23-25,35H,12-20H2,1-2H3,(H2,29,30,36). The maximum Gasteiger partial charge on any atom is 0.319 e. The predicted molar refractivity (Wildman–Crippen MR) is 143 cm³/mol. The zero-order valence-corrected chi connectivity index (χ0v) is 21.4. The molecule has 0 aromatic heterocycles. The fourth-order valence-electron chi connectivity index (χ4n) is 5.27. The zero-order chi connectivity index (χ0) is 25.5. The van der Waals surface area contributed by atoms with Crippen LogP contribution in [0.25, 0.3) is 11.1 Å². The van der Waals surface area contributed by atoms with Gasteiger partial charge >= 0.3 is 6.03 Å². The number of hydrogen-bond acceptors (Lipinski definition) is 5. The van der Waals surface area contributed by atoms with Crippen LogP contribution in [0.3, 0.4) is 0 Å². The van der Waals surface area contributed by atoms with Gasteiger partial charge in [0.05, 0.1) is 11.8 Å². The van der Waals surface area contributed by atoms with E-state index in [0.29, 0.717) is 13.1 Å². The van der Waals surface area contributed by atoms with Gasteiger partial charge in [0.15, 0.2) is 0 Å². The minimum atomic E-state index is -0.423. The van der Waals surface area contributed by atoms with Crippen molar-refractivity contribution in [2.24, 2.45) is 0 Å². The van der Waals surface area contributed by atoms with Crippen molar-refractivity contribution >= 4 is 17.6 Å². The first-order chi connectivity index (χ1) is 17.4. The Hall–Kier alpha value is -2.94. The van der Waals surface area contributed by atoms with E-state index in [-0.39, 0.29) is 24.0 Å². The van der Waals surface area contributed by atoms with Crippen LogP contribution in [0.15, 0.2) is 54.6 Å². The Morgan fingerprint density at radius 1 is 0.972 bits per heavy atom. The normalized spacial score (nSPS) is 20.1. The largest absolute Gasteiger partial charge is 0.390 e. The predicted octanol–water partition coefficient (Wildman–Crippen LogP) is 2.85. The van der Waals surface area contributed by atoms with Crippen LogP contribution in [0.5, 0.6) is 0 Å². The number of β-amino-alcohol motifs (C(OH)–C–C–N with tert-alkyl or cyclic N) is 1. The van der Waals surface area contributed by atoms with Gasteiger partial charge in [-0.1, -0.05) is 48.5 Å². The molecule has 0 aliphatic carbocycles. The number of nitrogens with zero attached hydrogens (tertiary/aromatic N) is 3. The Bertz CT molecular complexity index is 1010. The molecule has 2 aliphatic heterocycles. The average Bonchev–Trinajstić information content (AvgIpc) is 3.33. The molecule has 2 aromatic rings. The summed E-state index contributed by atoms with van der Waals surface area (Å²) in [4.78, 5) is 30.7. The summed E-state index contributed by atoms with van der Waals surface area (Å²) in [6.07, 6.45) is 2.25. The minimum absolute atomic E-state index is 0.0907. The first-order valence-corrected chi connectivity index (χ1v) is 13.0. The quantitative estimate of drug-likeness (QED) is 0.526. The summed E-state index contributed by atoms with van der Waals surface area (Å²) >= 11 is 0. The molecule has 0 saturated carbocycles. The molecule has 2 heterocycles. The van der Waals surface area contributed by atoms with E-state index in [1.807, 2.05) is 61.6 Å². The number of likely N-dealkylation sites (N-methyl/N-ethyl adjacent to an activating group) is 1.